The molecule has 0 bridgehead atoms. The Hall–Kier alpha value is -2.89. The highest BCUT2D eigenvalue weighted by molar-refractivity contribution is 5.55. The number of aromatic nitrogens is 4. The quantitative estimate of drug-likeness (QED) is 0.772. The van der Waals surface area contributed by atoms with Crippen molar-refractivity contribution < 1.29 is 0 Å². The van der Waals surface area contributed by atoms with Crippen LogP contribution in [0.5, 0.6) is 0 Å². The number of rotatable bonds is 4. The third-order valence-corrected chi connectivity index (χ3v) is 3.33. The van der Waals surface area contributed by atoms with Crippen LogP contribution in [0.25, 0.3) is 5.82 Å². The van der Waals surface area contributed by atoms with Gasteiger partial charge < -0.3 is 11.1 Å². The molecule has 0 radical (unpaired) electrons. The Morgan fingerprint density at radius 1 is 1.09 bits per heavy atom. The first kappa shape index (κ1) is 14.1. The van der Waals surface area contributed by atoms with Crippen molar-refractivity contribution in [3.8, 4) is 5.82 Å². The second kappa shape index (κ2) is 5.85. The highest BCUT2D eigenvalue weighted by atomic mass is 15.4. The number of hydrogen-bond donors (Lipinski definition) is 2. The molecule has 2 heterocycles. The fourth-order valence-corrected chi connectivity index (χ4v) is 2.11. The lowest BCUT2D eigenvalue weighted by Gasteiger charge is -2.06. The van der Waals surface area contributed by atoms with Crippen molar-refractivity contribution >= 4 is 17.6 Å². The zero-order valence-electron chi connectivity index (χ0n) is 12.6. The summed E-state index contributed by atoms with van der Waals surface area (Å²) >= 11 is 0. The molecule has 22 heavy (non-hydrogen) atoms. The van der Waals surface area contributed by atoms with E-state index in [9.17, 15) is 0 Å². The molecule has 0 unspecified atom stereocenters. The minimum absolute atomic E-state index is 0.292. The fraction of sp³-hybridized carbons (Fsp3) is 0.188. The molecule has 0 aliphatic rings. The Morgan fingerprint density at radius 3 is 2.50 bits per heavy atom. The molecule has 0 saturated heterocycles. The summed E-state index contributed by atoms with van der Waals surface area (Å²) in [6, 6.07) is 13.7. The molecule has 0 spiro atoms. The summed E-state index contributed by atoms with van der Waals surface area (Å²) in [4.78, 5) is 8.43. The highest BCUT2D eigenvalue weighted by Crippen LogP contribution is 2.20. The largest absolute Gasteiger partial charge is 0.368 e. The predicted octanol–water partition coefficient (Wildman–Crippen LogP) is 3.11. The summed E-state index contributed by atoms with van der Waals surface area (Å²) in [5.74, 6) is 1.88. The molecule has 0 fully saturated rings. The standard InChI is InChI=1S/C16H18N6/c1-11(2)12-6-8-13(9-7-12)19-16-20-15(17)22(21-16)14-5-3-4-10-18-14/h3-11H,1-2H3,(H3,17,19,20,21). The normalized spacial score (nSPS) is 10.9. The van der Waals surface area contributed by atoms with Gasteiger partial charge in [0.1, 0.15) is 0 Å². The first-order valence-corrected chi connectivity index (χ1v) is 7.14. The van der Waals surface area contributed by atoms with Gasteiger partial charge in [0, 0.05) is 11.9 Å². The molecule has 0 amide bonds. The number of hydrogen-bond acceptors (Lipinski definition) is 5. The molecule has 6 heteroatoms. The number of pyridine rings is 1. The summed E-state index contributed by atoms with van der Waals surface area (Å²) in [7, 11) is 0. The molecular weight excluding hydrogens is 276 g/mol. The predicted molar refractivity (Wildman–Crippen MR) is 87.4 cm³/mol. The van der Waals surface area contributed by atoms with Crippen molar-refractivity contribution in [2.24, 2.45) is 0 Å². The Bertz CT molecular complexity index is 746. The van der Waals surface area contributed by atoms with Crippen LogP contribution in [0.3, 0.4) is 0 Å². The van der Waals surface area contributed by atoms with E-state index in [1.807, 2.05) is 30.3 Å². The highest BCUT2D eigenvalue weighted by Gasteiger charge is 2.09. The van der Waals surface area contributed by atoms with Gasteiger partial charge in [-0.05, 0) is 35.7 Å². The lowest BCUT2D eigenvalue weighted by molar-refractivity contribution is 0.859. The van der Waals surface area contributed by atoms with E-state index in [0.29, 0.717) is 23.6 Å². The van der Waals surface area contributed by atoms with Crippen LogP contribution in [0.15, 0.2) is 48.7 Å². The minimum atomic E-state index is 0.292. The molecule has 2 aromatic heterocycles. The number of nitrogens with two attached hydrogens (primary N) is 1. The van der Waals surface area contributed by atoms with E-state index in [0.717, 1.165) is 5.69 Å². The topological polar surface area (TPSA) is 81.6 Å². The third-order valence-electron chi connectivity index (χ3n) is 3.33. The van der Waals surface area contributed by atoms with Gasteiger partial charge in [0.25, 0.3) is 0 Å². The summed E-state index contributed by atoms with van der Waals surface area (Å²) in [5.41, 5.74) is 8.11. The maximum Gasteiger partial charge on any atom is 0.248 e. The van der Waals surface area contributed by atoms with Crippen LogP contribution in [0.2, 0.25) is 0 Å². The van der Waals surface area contributed by atoms with Crippen LogP contribution in [0, 0.1) is 0 Å². The molecule has 3 aromatic rings. The average Bonchev–Trinajstić information content (AvgIpc) is 2.89. The van der Waals surface area contributed by atoms with Crippen molar-refractivity contribution in [3.63, 3.8) is 0 Å². The monoisotopic (exact) mass is 294 g/mol. The van der Waals surface area contributed by atoms with Crippen molar-refractivity contribution in [1.82, 2.24) is 19.7 Å². The third kappa shape index (κ3) is 2.90. The molecule has 3 rings (SSSR count). The van der Waals surface area contributed by atoms with Crippen molar-refractivity contribution in [2.45, 2.75) is 19.8 Å². The molecule has 112 valence electrons. The van der Waals surface area contributed by atoms with Crippen LogP contribution in [-0.2, 0) is 0 Å². The van der Waals surface area contributed by atoms with Crippen molar-refractivity contribution in [2.75, 3.05) is 11.1 Å². The first-order chi connectivity index (χ1) is 10.6. The van der Waals surface area contributed by atoms with E-state index in [1.165, 1.54) is 10.2 Å². The van der Waals surface area contributed by atoms with E-state index < -0.39 is 0 Å². The number of nitrogens with zero attached hydrogens (tertiary/aromatic N) is 4. The van der Waals surface area contributed by atoms with Gasteiger partial charge in [-0.15, -0.1) is 5.10 Å². The van der Waals surface area contributed by atoms with Gasteiger partial charge in [-0.1, -0.05) is 32.0 Å². The lowest BCUT2D eigenvalue weighted by atomic mass is 10.0. The van der Waals surface area contributed by atoms with Gasteiger partial charge in [-0.3, -0.25) is 0 Å². The van der Waals surface area contributed by atoms with Gasteiger partial charge in [-0.25, -0.2) is 4.98 Å². The van der Waals surface area contributed by atoms with E-state index in [4.69, 9.17) is 5.73 Å². The van der Waals surface area contributed by atoms with Crippen LogP contribution in [0.4, 0.5) is 17.6 Å². The Kier molecular flexibility index (Phi) is 3.74. The SMILES string of the molecule is CC(C)c1ccc(Nc2nc(N)n(-c3ccccn3)n2)cc1. The van der Waals surface area contributed by atoms with Crippen LogP contribution < -0.4 is 11.1 Å². The van der Waals surface area contributed by atoms with Gasteiger partial charge in [0.2, 0.25) is 11.9 Å². The number of nitrogen functional groups attached to an aromatic ring is 1. The molecular formula is C16H18N6. The van der Waals surface area contributed by atoms with Crippen LogP contribution in [-0.4, -0.2) is 19.7 Å². The molecule has 3 N–H and O–H groups in total. The molecule has 6 nitrogen and oxygen atoms in total. The zero-order valence-corrected chi connectivity index (χ0v) is 12.6. The molecule has 0 aliphatic heterocycles. The smallest absolute Gasteiger partial charge is 0.248 e. The van der Waals surface area contributed by atoms with Gasteiger partial charge in [0.15, 0.2) is 5.82 Å². The summed E-state index contributed by atoms with van der Waals surface area (Å²) in [6.45, 7) is 4.33. The molecule has 0 aliphatic carbocycles. The Balaban J connectivity index is 1.82. The maximum absolute atomic E-state index is 5.90. The lowest BCUT2D eigenvalue weighted by Crippen LogP contribution is -2.04. The number of anilines is 3. The number of nitrogens with one attached hydrogen (secondary N) is 1. The summed E-state index contributed by atoms with van der Waals surface area (Å²) in [5, 5.41) is 7.49. The van der Waals surface area contributed by atoms with Crippen molar-refractivity contribution in [3.05, 3.63) is 54.2 Å². The molecule has 1 aromatic carbocycles. The van der Waals surface area contributed by atoms with Crippen LogP contribution in [0.1, 0.15) is 25.3 Å². The maximum atomic E-state index is 5.90. The Labute approximate surface area is 129 Å². The van der Waals surface area contributed by atoms with E-state index >= 15 is 0 Å². The molecule has 0 atom stereocenters. The molecule has 0 saturated carbocycles. The summed E-state index contributed by atoms with van der Waals surface area (Å²) in [6.07, 6.45) is 1.69. The van der Waals surface area contributed by atoms with Crippen LogP contribution >= 0.6 is 0 Å². The van der Waals surface area contributed by atoms with Gasteiger partial charge in [-0.2, -0.15) is 9.67 Å². The fourth-order valence-electron chi connectivity index (χ4n) is 2.11. The van der Waals surface area contributed by atoms with E-state index in [1.54, 1.807) is 6.20 Å². The second-order valence-corrected chi connectivity index (χ2v) is 5.30. The minimum Gasteiger partial charge on any atom is -0.368 e. The second-order valence-electron chi connectivity index (χ2n) is 5.30. The van der Waals surface area contributed by atoms with Crippen molar-refractivity contribution in [1.29, 1.82) is 0 Å². The summed E-state index contributed by atoms with van der Waals surface area (Å²) < 4.78 is 1.50. The number of benzene rings is 1. The Morgan fingerprint density at radius 2 is 1.86 bits per heavy atom. The zero-order chi connectivity index (χ0) is 15.5. The first-order valence-electron chi connectivity index (χ1n) is 7.14. The van der Waals surface area contributed by atoms with E-state index in [-0.39, 0.29) is 0 Å². The average molecular weight is 294 g/mol. The van der Waals surface area contributed by atoms with E-state index in [2.05, 4.69) is 46.4 Å². The van der Waals surface area contributed by atoms with Gasteiger partial charge >= 0.3 is 0 Å². The van der Waals surface area contributed by atoms with Gasteiger partial charge in [0.05, 0.1) is 0 Å².